The van der Waals surface area contributed by atoms with E-state index in [1.807, 2.05) is 18.3 Å². The number of hydrogen-bond acceptors (Lipinski definition) is 5. The topological polar surface area (TPSA) is 90.0 Å². The van der Waals surface area contributed by atoms with Gasteiger partial charge in [0.15, 0.2) is 0 Å². The van der Waals surface area contributed by atoms with Gasteiger partial charge in [-0.15, -0.1) is 5.10 Å². The molecule has 1 aliphatic rings. The number of aromatic amines is 2. The van der Waals surface area contributed by atoms with Gasteiger partial charge in [0, 0.05) is 28.7 Å². The Hall–Kier alpha value is -3.16. The van der Waals surface area contributed by atoms with Gasteiger partial charge in [0.1, 0.15) is 0 Å². The zero-order valence-corrected chi connectivity index (χ0v) is 19.2. The molecule has 2 aromatic carbocycles. The highest BCUT2D eigenvalue weighted by atomic mass is 16.4. The smallest absolute Gasteiger partial charge is 0.391 e. The summed E-state index contributed by atoms with van der Waals surface area (Å²) < 4.78 is 5.39. The molecule has 7 heteroatoms. The van der Waals surface area contributed by atoms with E-state index in [1.54, 1.807) is 0 Å². The van der Waals surface area contributed by atoms with Crippen molar-refractivity contribution in [3.63, 3.8) is 0 Å². The summed E-state index contributed by atoms with van der Waals surface area (Å²) in [5.41, 5.74) is 3.70. The lowest BCUT2D eigenvalue weighted by Gasteiger charge is -2.46. The fourth-order valence-corrected chi connectivity index (χ4v) is 5.42. The fourth-order valence-electron chi connectivity index (χ4n) is 5.42. The monoisotopic (exact) mass is 445 g/mol. The van der Waals surface area contributed by atoms with E-state index in [2.05, 4.69) is 82.0 Å². The molecule has 1 aliphatic carbocycles. The predicted molar refractivity (Wildman–Crippen MR) is 129 cm³/mol. The number of hydrogen-bond donors (Lipinski definition) is 3. The fraction of sp³-hybridized carbons (Fsp3) is 0.385. The number of fused-ring (bicyclic) bond motifs is 1. The number of benzene rings is 2. The van der Waals surface area contributed by atoms with Crippen LogP contribution in [0.4, 0.5) is 0 Å². The van der Waals surface area contributed by atoms with Crippen LogP contribution in [0.15, 0.2) is 70.0 Å². The molecular formula is C26H31N5O2. The molecule has 0 saturated heterocycles. The van der Waals surface area contributed by atoms with E-state index in [0.717, 1.165) is 31.2 Å². The Kier molecular flexibility index (Phi) is 5.91. The normalized spacial score (nSPS) is 22.1. The van der Waals surface area contributed by atoms with Gasteiger partial charge in [0.2, 0.25) is 5.89 Å². The van der Waals surface area contributed by atoms with Gasteiger partial charge in [0.05, 0.1) is 6.04 Å². The van der Waals surface area contributed by atoms with E-state index in [-0.39, 0.29) is 11.6 Å². The maximum absolute atomic E-state index is 11.7. The maximum atomic E-state index is 11.7. The van der Waals surface area contributed by atoms with E-state index < -0.39 is 5.76 Å². The molecule has 4 aromatic rings. The van der Waals surface area contributed by atoms with Gasteiger partial charge in [-0.3, -0.25) is 4.90 Å². The van der Waals surface area contributed by atoms with E-state index in [4.69, 9.17) is 4.42 Å². The number of nitrogens with one attached hydrogen (secondary N) is 3. The first kappa shape index (κ1) is 21.7. The Morgan fingerprint density at radius 1 is 1.12 bits per heavy atom. The predicted octanol–water partition coefficient (Wildman–Crippen LogP) is 4.12. The molecule has 1 fully saturated rings. The number of rotatable bonds is 7. The summed E-state index contributed by atoms with van der Waals surface area (Å²) in [5.74, 6) is -0.104. The van der Waals surface area contributed by atoms with Crippen molar-refractivity contribution >= 4 is 10.9 Å². The van der Waals surface area contributed by atoms with E-state index in [0.29, 0.717) is 18.4 Å². The molecule has 172 valence electrons. The third-order valence-electron chi connectivity index (χ3n) is 7.27. The molecule has 0 amide bonds. The summed E-state index contributed by atoms with van der Waals surface area (Å²) in [4.78, 5) is 17.4. The van der Waals surface area contributed by atoms with Crippen molar-refractivity contribution in [3.8, 4) is 0 Å². The summed E-state index contributed by atoms with van der Waals surface area (Å²) in [7, 11) is 4.36. The van der Waals surface area contributed by atoms with Crippen LogP contribution in [0.25, 0.3) is 10.9 Å². The largest absolute Gasteiger partial charge is 0.434 e. The lowest BCUT2D eigenvalue weighted by Crippen LogP contribution is -2.48. The Bertz CT molecular complexity index is 1250. The van der Waals surface area contributed by atoms with Crippen LogP contribution < -0.4 is 11.1 Å². The van der Waals surface area contributed by atoms with Crippen LogP contribution in [0.3, 0.4) is 0 Å². The van der Waals surface area contributed by atoms with Crippen molar-refractivity contribution in [1.82, 2.24) is 25.4 Å². The van der Waals surface area contributed by atoms with E-state index >= 15 is 0 Å². The summed E-state index contributed by atoms with van der Waals surface area (Å²) in [5, 5.41) is 11.5. The summed E-state index contributed by atoms with van der Waals surface area (Å²) in [6, 6.07) is 19.2. The third-order valence-corrected chi connectivity index (χ3v) is 7.27. The molecule has 3 N–H and O–H groups in total. The lowest BCUT2D eigenvalue weighted by molar-refractivity contribution is 0.0823. The van der Waals surface area contributed by atoms with Gasteiger partial charge in [-0.05, 0) is 63.4 Å². The van der Waals surface area contributed by atoms with Gasteiger partial charge in [-0.2, -0.15) is 0 Å². The van der Waals surface area contributed by atoms with Crippen molar-refractivity contribution in [2.75, 3.05) is 14.1 Å². The Morgan fingerprint density at radius 3 is 2.55 bits per heavy atom. The average Bonchev–Trinajstić information content (AvgIpc) is 3.46. The molecule has 1 saturated carbocycles. The van der Waals surface area contributed by atoms with Crippen LogP contribution >= 0.6 is 0 Å². The molecule has 5 rings (SSSR count). The minimum Gasteiger partial charge on any atom is -0.391 e. The molecule has 33 heavy (non-hydrogen) atoms. The molecule has 0 unspecified atom stereocenters. The third kappa shape index (κ3) is 4.26. The molecule has 7 nitrogen and oxygen atoms in total. The second-order valence-electron chi connectivity index (χ2n) is 9.30. The molecular weight excluding hydrogens is 414 g/mol. The summed E-state index contributed by atoms with van der Waals surface area (Å²) in [6.07, 6.45) is 6.92. The highest BCUT2D eigenvalue weighted by Gasteiger charge is 2.39. The maximum Gasteiger partial charge on any atom is 0.434 e. The molecule has 0 bridgehead atoms. The highest BCUT2D eigenvalue weighted by molar-refractivity contribution is 5.83. The average molecular weight is 446 g/mol. The second-order valence-corrected chi connectivity index (χ2v) is 9.30. The number of nitrogens with zero attached hydrogens (tertiary/aromatic N) is 2. The van der Waals surface area contributed by atoms with Crippen molar-refractivity contribution in [2.24, 2.45) is 0 Å². The number of H-pyrrole nitrogens is 2. The first-order valence-electron chi connectivity index (χ1n) is 11.6. The van der Waals surface area contributed by atoms with Gasteiger partial charge in [-0.1, -0.05) is 48.5 Å². The van der Waals surface area contributed by atoms with Crippen LogP contribution in [-0.4, -0.2) is 40.2 Å². The standard InChI is InChI=1S/C26H31N5O2/c1-31(2)26(19-8-4-3-5-9-19)14-12-20(13-15-26)28-23(24-29-30-25(32)33-24)16-18-17-27-22-11-7-6-10-21(18)22/h3-11,17,20,23,27-28H,12-16H2,1-2H3,(H,30,32)/t20?,23-,26?/m0/s1. The zero-order chi connectivity index (χ0) is 22.8. The second kappa shape index (κ2) is 9.00. The Morgan fingerprint density at radius 2 is 1.85 bits per heavy atom. The zero-order valence-electron chi connectivity index (χ0n) is 19.2. The van der Waals surface area contributed by atoms with Crippen LogP contribution in [0, 0.1) is 0 Å². The summed E-state index contributed by atoms with van der Waals surface area (Å²) >= 11 is 0. The van der Waals surface area contributed by atoms with Crippen molar-refractivity contribution in [2.45, 2.75) is 49.7 Å². The molecule has 0 aliphatic heterocycles. The van der Waals surface area contributed by atoms with Crippen LogP contribution in [0.1, 0.15) is 48.7 Å². The van der Waals surface area contributed by atoms with Crippen molar-refractivity contribution < 1.29 is 4.42 Å². The van der Waals surface area contributed by atoms with Crippen molar-refractivity contribution in [1.29, 1.82) is 0 Å². The van der Waals surface area contributed by atoms with Gasteiger partial charge < -0.3 is 14.7 Å². The lowest BCUT2D eigenvalue weighted by atomic mass is 9.74. The Balaban J connectivity index is 1.35. The molecule has 0 radical (unpaired) electrons. The van der Waals surface area contributed by atoms with Crippen LogP contribution in [-0.2, 0) is 12.0 Å². The van der Waals surface area contributed by atoms with Gasteiger partial charge >= 0.3 is 5.76 Å². The molecule has 2 aromatic heterocycles. The van der Waals surface area contributed by atoms with Crippen molar-refractivity contribution in [3.05, 3.63) is 88.4 Å². The molecule has 2 heterocycles. The van der Waals surface area contributed by atoms with Gasteiger partial charge in [0.25, 0.3) is 0 Å². The number of para-hydroxylation sites is 1. The quantitative estimate of drug-likeness (QED) is 0.398. The number of aromatic nitrogens is 3. The van der Waals surface area contributed by atoms with Gasteiger partial charge in [-0.25, -0.2) is 9.89 Å². The van der Waals surface area contributed by atoms with Crippen LogP contribution in [0.2, 0.25) is 0 Å². The first-order valence-corrected chi connectivity index (χ1v) is 11.6. The molecule has 0 spiro atoms. The Labute approximate surface area is 193 Å². The molecule has 1 atom stereocenters. The minimum absolute atomic E-state index is 0.0463. The van der Waals surface area contributed by atoms with E-state index in [9.17, 15) is 4.79 Å². The van der Waals surface area contributed by atoms with E-state index in [1.165, 1.54) is 16.5 Å². The highest BCUT2D eigenvalue weighted by Crippen LogP contribution is 2.41. The minimum atomic E-state index is -0.518. The SMILES string of the molecule is CN(C)C1(c2ccccc2)CCC(N[C@@H](Cc2c[nH]c3ccccc23)c2n[nH]c(=O)o2)CC1. The first-order chi connectivity index (χ1) is 16.0. The summed E-state index contributed by atoms with van der Waals surface area (Å²) in [6.45, 7) is 0. The van der Waals surface area contributed by atoms with Crippen LogP contribution in [0.5, 0.6) is 0 Å².